The highest BCUT2D eigenvalue weighted by atomic mass is 79.9. The van der Waals surface area contributed by atoms with Gasteiger partial charge in [-0.3, -0.25) is 4.79 Å². The summed E-state index contributed by atoms with van der Waals surface area (Å²) in [4.78, 5) is 26.8. The molecule has 0 fully saturated rings. The maximum absolute atomic E-state index is 11.9. The summed E-state index contributed by atoms with van der Waals surface area (Å²) in [7, 11) is 0. The van der Waals surface area contributed by atoms with Gasteiger partial charge in [0.25, 0.3) is 0 Å². The average Bonchev–Trinajstić information content (AvgIpc) is 2.80. The molecular weight excluding hydrogens is 346 g/mol. The number of thiazole rings is 1. The molecule has 5 nitrogen and oxygen atoms in total. The smallest absolute Gasteiger partial charge is 0.347 e. The van der Waals surface area contributed by atoms with Gasteiger partial charge in [0, 0.05) is 4.47 Å². The summed E-state index contributed by atoms with van der Waals surface area (Å²) in [5, 5.41) is 9.07. The third kappa shape index (κ3) is 3.43. The first-order valence-corrected chi connectivity index (χ1v) is 7.20. The number of carboxylic acid groups (broad SMARTS) is 1. The van der Waals surface area contributed by atoms with Gasteiger partial charge in [-0.2, -0.15) is 0 Å². The lowest BCUT2D eigenvalue weighted by Gasteiger charge is -2.03. The average molecular weight is 356 g/mol. The molecule has 0 spiro atoms. The topological polar surface area (TPSA) is 76.5 Å². The second-order valence-corrected chi connectivity index (χ2v) is 5.82. The van der Waals surface area contributed by atoms with E-state index in [1.165, 1.54) is 0 Å². The number of aromatic nitrogens is 1. The Morgan fingerprint density at radius 1 is 1.35 bits per heavy atom. The van der Waals surface area contributed by atoms with Crippen LogP contribution in [0.5, 0.6) is 5.75 Å². The van der Waals surface area contributed by atoms with Crippen molar-refractivity contribution in [3.8, 4) is 5.75 Å². The largest absolute Gasteiger partial charge is 0.485 e. The number of aryl methyl sites for hydroxylation is 1. The van der Waals surface area contributed by atoms with E-state index in [9.17, 15) is 9.59 Å². The minimum absolute atomic E-state index is 0.0805. The minimum Gasteiger partial charge on any atom is -0.485 e. The van der Waals surface area contributed by atoms with Crippen LogP contribution in [0, 0.1) is 6.92 Å². The van der Waals surface area contributed by atoms with Crippen LogP contribution in [0.3, 0.4) is 0 Å². The molecule has 1 heterocycles. The van der Waals surface area contributed by atoms with Crippen molar-refractivity contribution in [3.63, 3.8) is 0 Å². The fourth-order valence-corrected chi connectivity index (χ4v) is 2.55. The van der Waals surface area contributed by atoms with E-state index in [-0.39, 0.29) is 22.3 Å². The van der Waals surface area contributed by atoms with Gasteiger partial charge in [0.05, 0.1) is 5.69 Å². The van der Waals surface area contributed by atoms with Crippen LogP contribution in [0.1, 0.15) is 25.2 Å². The molecule has 1 N–H and O–H groups in total. The molecule has 20 heavy (non-hydrogen) atoms. The molecule has 0 bridgehead atoms. The number of rotatable bonds is 5. The molecule has 0 amide bonds. The molecule has 0 unspecified atom stereocenters. The predicted octanol–water partition coefficient (Wildman–Crippen LogP) is 3.17. The fourth-order valence-electron chi connectivity index (χ4n) is 1.46. The van der Waals surface area contributed by atoms with E-state index in [1.54, 1.807) is 31.2 Å². The Morgan fingerprint density at radius 2 is 2.00 bits per heavy atom. The lowest BCUT2D eigenvalue weighted by Crippen LogP contribution is -2.11. The van der Waals surface area contributed by atoms with Gasteiger partial charge in [-0.1, -0.05) is 15.9 Å². The third-order valence-electron chi connectivity index (χ3n) is 2.41. The molecule has 2 aromatic rings. The first-order chi connectivity index (χ1) is 9.47. The molecule has 0 radical (unpaired) electrons. The van der Waals surface area contributed by atoms with E-state index < -0.39 is 5.97 Å². The molecule has 0 aliphatic heterocycles. The molecule has 104 valence electrons. The van der Waals surface area contributed by atoms with E-state index in [0.717, 1.165) is 15.8 Å². The molecule has 1 aromatic carbocycles. The number of nitrogens with zero attached hydrogens (tertiary/aromatic N) is 1. The Morgan fingerprint density at radius 3 is 2.55 bits per heavy atom. The molecular formula is C13H10BrNO4S. The number of carbonyl (C=O) groups is 2. The monoisotopic (exact) mass is 355 g/mol. The van der Waals surface area contributed by atoms with Crippen LogP contribution in [0.15, 0.2) is 28.7 Å². The number of halogens is 1. The molecule has 0 aliphatic rings. The van der Waals surface area contributed by atoms with Crippen molar-refractivity contribution < 1.29 is 19.4 Å². The van der Waals surface area contributed by atoms with Crippen molar-refractivity contribution in [1.29, 1.82) is 0 Å². The lowest BCUT2D eigenvalue weighted by molar-refractivity contribution is 0.0701. The zero-order valence-corrected chi connectivity index (χ0v) is 12.8. The summed E-state index contributed by atoms with van der Waals surface area (Å²) in [5.74, 6) is -0.852. The molecule has 0 aliphatic carbocycles. The number of hydrogen-bond acceptors (Lipinski definition) is 5. The van der Waals surface area contributed by atoms with Crippen molar-refractivity contribution in [2.75, 3.05) is 6.61 Å². The first-order valence-electron chi connectivity index (χ1n) is 5.59. The molecule has 1 aromatic heterocycles. The first kappa shape index (κ1) is 14.7. The highest BCUT2D eigenvalue weighted by molar-refractivity contribution is 9.10. The van der Waals surface area contributed by atoms with E-state index in [2.05, 4.69) is 20.9 Å². The van der Waals surface area contributed by atoms with Crippen molar-refractivity contribution in [2.24, 2.45) is 0 Å². The summed E-state index contributed by atoms with van der Waals surface area (Å²) in [6.45, 7) is 1.39. The van der Waals surface area contributed by atoms with Gasteiger partial charge in [-0.05, 0) is 31.2 Å². The van der Waals surface area contributed by atoms with Crippen LogP contribution in [0.2, 0.25) is 0 Å². The summed E-state index contributed by atoms with van der Waals surface area (Å²) in [5.41, 5.74) is 0.342. The maximum Gasteiger partial charge on any atom is 0.347 e. The number of aromatic carboxylic acids is 1. The van der Waals surface area contributed by atoms with Gasteiger partial charge in [0.2, 0.25) is 5.78 Å². The normalized spacial score (nSPS) is 10.3. The lowest BCUT2D eigenvalue weighted by atomic mass is 10.3. The molecule has 0 saturated carbocycles. The van der Waals surface area contributed by atoms with Gasteiger partial charge in [-0.15, -0.1) is 11.3 Å². The van der Waals surface area contributed by atoms with Gasteiger partial charge in [-0.25, -0.2) is 9.78 Å². The zero-order chi connectivity index (χ0) is 14.7. The van der Waals surface area contributed by atoms with Crippen molar-refractivity contribution in [1.82, 2.24) is 4.98 Å². The highest BCUT2D eigenvalue weighted by Gasteiger charge is 2.18. The quantitative estimate of drug-likeness (QED) is 0.833. The SMILES string of the molecule is Cc1nc(C(=O)COc2ccc(Br)cc2)sc1C(=O)O. The number of benzene rings is 1. The number of carbonyl (C=O) groups excluding carboxylic acids is 1. The van der Waals surface area contributed by atoms with Gasteiger partial charge >= 0.3 is 5.97 Å². The summed E-state index contributed by atoms with van der Waals surface area (Å²) >= 11 is 4.17. The van der Waals surface area contributed by atoms with Gasteiger partial charge in [0.1, 0.15) is 10.6 Å². The second kappa shape index (κ2) is 6.15. The molecule has 2 rings (SSSR count). The number of ether oxygens (including phenoxy) is 1. The summed E-state index contributed by atoms with van der Waals surface area (Å²) < 4.78 is 6.25. The van der Waals surface area contributed by atoms with E-state index in [1.807, 2.05) is 0 Å². The Bertz CT molecular complexity index is 651. The van der Waals surface area contributed by atoms with Gasteiger partial charge in [0.15, 0.2) is 11.6 Å². The van der Waals surface area contributed by atoms with Crippen molar-refractivity contribution in [2.45, 2.75) is 6.92 Å². The van der Waals surface area contributed by atoms with Crippen LogP contribution in [-0.2, 0) is 0 Å². The Hall–Kier alpha value is -1.73. The molecule has 7 heteroatoms. The van der Waals surface area contributed by atoms with Crippen LogP contribution < -0.4 is 4.74 Å². The van der Waals surface area contributed by atoms with Crippen molar-refractivity contribution in [3.05, 3.63) is 44.3 Å². The number of ketones is 1. The highest BCUT2D eigenvalue weighted by Crippen LogP contribution is 2.20. The van der Waals surface area contributed by atoms with Crippen LogP contribution in [-0.4, -0.2) is 28.4 Å². The number of hydrogen-bond donors (Lipinski definition) is 1. The Labute approximate surface area is 127 Å². The van der Waals surface area contributed by atoms with Crippen LogP contribution in [0.25, 0.3) is 0 Å². The van der Waals surface area contributed by atoms with Crippen LogP contribution in [0.4, 0.5) is 0 Å². The van der Waals surface area contributed by atoms with Gasteiger partial charge < -0.3 is 9.84 Å². The predicted molar refractivity (Wildman–Crippen MR) is 77.8 cm³/mol. The zero-order valence-electron chi connectivity index (χ0n) is 10.4. The maximum atomic E-state index is 11.9. The van der Waals surface area contributed by atoms with E-state index in [4.69, 9.17) is 9.84 Å². The standard InChI is InChI=1S/C13H10BrNO4S/c1-7-11(13(17)18)20-12(15-7)10(16)6-19-9-4-2-8(14)3-5-9/h2-5H,6H2,1H3,(H,17,18). The number of carboxylic acids is 1. The Kier molecular flexibility index (Phi) is 4.51. The molecule has 0 atom stereocenters. The fraction of sp³-hybridized carbons (Fsp3) is 0.154. The third-order valence-corrected chi connectivity index (χ3v) is 4.13. The minimum atomic E-state index is -1.08. The summed E-state index contributed by atoms with van der Waals surface area (Å²) in [6.07, 6.45) is 0. The van der Waals surface area contributed by atoms with E-state index in [0.29, 0.717) is 11.4 Å². The Balaban J connectivity index is 2.03. The van der Waals surface area contributed by atoms with Crippen molar-refractivity contribution >= 4 is 39.0 Å². The van der Waals surface area contributed by atoms with Crippen LogP contribution >= 0.6 is 27.3 Å². The van der Waals surface area contributed by atoms with E-state index >= 15 is 0 Å². The second-order valence-electron chi connectivity index (χ2n) is 3.90. The summed E-state index contributed by atoms with van der Waals surface area (Å²) in [6, 6.07) is 7.06. The molecule has 0 saturated heterocycles. The number of Topliss-reactive ketones (excluding diaryl/α,β-unsaturated/α-hetero) is 1.